The van der Waals surface area contributed by atoms with E-state index in [1.165, 1.54) is 12.0 Å². The molecule has 2 amide bonds. The molecule has 30 heavy (non-hydrogen) atoms. The van der Waals surface area contributed by atoms with Crippen molar-refractivity contribution >= 4 is 45.9 Å². The van der Waals surface area contributed by atoms with Gasteiger partial charge in [0.05, 0.1) is 17.6 Å². The van der Waals surface area contributed by atoms with Gasteiger partial charge in [0.2, 0.25) is 0 Å². The van der Waals surface area contributed by atoms with Gasteiger partial charge in [0.1, 0.15) is 0 Å². The van der Waals surface area contributed by atoms with E-state index in [0.29, 0.717) is 23.6 Å². The predicted molar refractivity (Wildman–Crippen MR) is 117 cm³/mol. The normalized spacial score (nSPS) is 15.4. The number of fused-ring (bicyclic) bond motifs is 1. The van der Waals surface area contributed by atoms with Crippen LogP contribution in [0.25, 0.3) is 17.0 Å². The second kappa shape index (κ2) is 8.20. The fourth-order valence-electron chi connectivity index (χ4n) is 3.55. The molecule has 7 heteroatoms. The van der Waals surface area contributed by atoms with Crippen LogP contribution in [0.4, 0.5) is 4.79 Å². The van der Waals surface area contributed by atoms with Crippen LogP contribution in [0.15, 0.2) is 59.6 Å². The summed E-state index contributed by atoms with van der Waals surface area (Å²) in [6.07, 6.45) is 3.75. The fraction of sp³-hybridized carbons (Fsp3) is 0.174. The number of ether oxygens (including phenoxy) is 1. The van der Waals surface area contributed by atoms with Gasteiger partial charge >= 0.3 is 5.97 Å². The molecule has 0 atom stereocenters. The van der Waals surface area contributed by atoms with Crippen LogP contribution in [0.2, 0.25) is 0 Å². The van der Waals surface area contributed by atoms with Gasteiger partial charge in [0.25, 0.3) is 11.1 Å². The summed E-state index contributed by atoms with van der Waals surface area (Å²) < 4.78 is 6.88. The van der Waals surface area contributed by atoms with Gasteiger partial charge in [-0.15, -0.1) is 0 Å². The Morgan fingerprint density at radius 1 is 1.13 bits per heavy atom. The number of esters is 1. The molecule has 1 saturated heterocycles. The highest BCUT2D eigenvalue weighted by molar-refractivity contribution is 8.18. The molecule has 3 aromatic rings. The number of rotatable bonds is 5. The second-order valence-electron chi connectivity index (χ2n) is 6.85. The minimum atomic E-state index is -0.374. The van der Waals surface area contributed by atoms with Crippen molar-refractivity contribution in [1.29, 1.82) is 0 Å². The van der Waals surface area contributed by atoms with E-state index in [0.717, 1.165) is 33.8 Å². The summed E-state index contributed by atoms with van der Waals surface area (Å²) in [5, 5.41) is 0.752. The topological polar surface area (TPSA) is 68.6 Å². The Labute approximate surface area is 178 Å². The lowest BCUT2D eigenvalue weighted by Gasteiger charge is -2.07. The highest BCUT2D eigenvalue weighted by Gasteiger charge is 2.33. The molecular formula is C23H20N2O4S. The summed E-state index contributed by atoms with van der Waals surface area (Å²) in [5.74, 6) is -0.628. The number of likely N-dealkylation sites (N-methyl/N-ethyl adjacent to an activating group) is 1. The smallest absolute Gasteiger partial charge is 0.337 e. The Hall–Kier alpha value is -3.32. The maximum Gasteiger partial charge on any atom is 0.337 e. The van der Waals surface area contributed by atoms with E-state index < -0.39 is 0 Å². The van der Waals surface area contributed by atoms with Crippen molar-refractivity contribution in [2.75, 3.05) is 13.7 Å². The Morgan fingerprint density at radius 2 is 1.93 bits per heavy atom. The second-order valence-corrected chi connectivity index (χ2v) is 7.84. The molecule has 0 N–H and O–H groups in total. The number of para-hydroxylation sites is 1. The largest absolute Gasteiger partial charge is 0.465 e. The summed E-state index contributed by atoms with van der Waals surface area (Å²) >= 11 is 0.969. The number of methoxy groups -OCH3 is 1. The zero-order valence-electron chi connectivity index (χ0n) is 16.6. The number of hydrogen-bond donors (Lipinski definition) is 0. The number of aromatic nitrogens is 1. The standard InChI is InChI=1S/C23H20N2O4S/c1-3-25-21(26)20(30-23(25)28)12-17-14-24(19-10-5-4-9-18(17)19)13-15-7-6-8-16(11-15)22(27)29-2/h4-12,14H,3,13H2,1-2H3. The van der Waals surface area contributed by atoms with E-state index in [2.05, 4.69) is 4.57 Å². The average molecular weight is 420 g/mol. The number of nitrogens with zero attached hydrogens (tertiary/aromatic N) is 2. The third-order valence-electron chi connectivity index (χ3n) is 5.00. The molecule has 4 rings (SSSR count). The highest BCUT2D eigenvalue weighted by atomic mass is 32.2. The molecule has 1 aliphatic heterocycles. The molecule has 2 heterocycles. The minimum absolute atomic E-state index is 0.239. The number of imide groups is 1. The minimum Gasteiger partial charge on any atom is -0.465 e. The lowest BCUT2D eigenvalue weighted by atomic mass is 10.1. The van der Waals surface area contributed by atoms with Crippen LogP contribution in [0.5, 0.6) is 0 Å². The SMILES string of the molecule is CCN1C(=O)SC(=Cc2cn(Cc3cccc(C(=O)OC)c3)c3ccccc23)C1=O. The lowest BCUT2D eigenvalue weighted by Crippen LogP contribution is -2.27. The highest BCUT2D eigenvalue weighted by Crippen LogP contribution is 2.34. The number of hydrogen-bond acceptors (Lipinski definition) is 5. The first kappa shape index (κ1) is 20.0. The van der Waals surface area contributed by atoms with Crippen molar-refractivity contribution in [3.63, 3.8) is 0 Å². The number of thioether (sulfide) groups is 1. The molecule has 0 aliphatic carbocycles. The summed E-state index contributed by atoms with van der Waals surface area (Å²) in [5.41, 5.74) is 3.33. The number of amides is 2. The van der Waals surface area contributed by atoms with Crippen LogP contribution in [-0.4, -0.2) is 40.2 Å². The first-order valence-electron chi connectivity index (χ1n) is 9.52. The average Bonchev–Trinajstić information content (AvgIpc) is 3.24. The van der Waals surface area contributed by atoms with E-state index in [1.807, 2.05) is 48.7 Å². The van der Waals surface area contributed by atoms with Gasteiger partial charge < -0.3 is 9.30 Å². The van der Waals surface area contributed by atoms with Crippen molar-refractivity contribution in [2.45, 2.75) is 13.5 Å². The van der Waals surface area contributed by atoms with Crippen LogP contribution in [-0.2, 0) is 16.1 Å². The van der Waals surface area contributed by atoms with Crippen molar-refractivity contribution in [2.24, 2.45) is 0 Å². The quantitative estimate of drug-likeness (QED) is 0.448. The third kappa shape index (κ3) is 3.64. The van der Waals surface area contributed by atoms with Crippen LogP contribution in [0, 0.1) is 0 Å². The zero-order chi connectivity index (χ0) is 21.3. The van der Waals surface area contributed by atoms with Crippen molar-refractivity contribution in [3.05, 3.63) is 76.3 Å². The Bertz CT molecular complexity index is 1190. The number of carbonyl (C=O) groups excluding carboxylic acids is 3. The van der Waals surface area contributed by atoms with Gasteiger partial charge in [-0.05, 0) is 48.5 Å². The summed E-state index contributed by atoms with van der Waals surface area (Å²) in [7, 11) is 1.36. The van der Waals surface area contributed by atoms with Gasteiger partial charge in [-0.3, -0.25) is 14.5 Å². The van der Waals surface area contributed by atoms with E-state index in [-0.39, 0.29) is 17.1 Å². The molecule has 0 bridgehead atoms. The Balaban J connectivity index is 1.72. The van der Waals surface area contributed by atoms with Crippen LogP contribution < -0.4 is 0 Å². The van der Waals surface area contributed by atoms with Crippen molar-refractivity contribution in [3.8, 4) is 0 Å². The maximum absolute atomic E-state index is 12.5. The van der Waals surface area contributed by atoms with Gasteiger partial charge in [-0.1, -0.05) is 30.3 Å². The van der Waals surface area contributed by atoms with Gasteiger partial charge in [-0.2, -0.15) is 0 Å². The van der Waals surface area contributed by atoms with Crippen molar-refractivity contribution in [1.82, 2.24) is 9.47 Å². The van der Waals surface area contributed by atoms with E-state index >= 15 is 0 Å². The van der Waals surface area contributed by atoms with Gasteiger partial charge in [0.15, 0.2) is 0 Å². The van der Waals surface area contributed by atoms with Gasteiger partial charge in [0, 0.05) is 35.8 Å². The van der Waals surface area contributed by atoms with E-state index in [4.69, 9.17) is 4.74 Å². The molecule has 0 saturated carbocycles. The third-order valence-corrected chi connectivity index (χ3v) is 5.90. The Kier molecular flexibility index (Phi) is 5.46. The molecular weight excluding hydrogens is 400 g/mol. The molecule has 1 fully saturated rings. The summed E-state index contributed by atoms with van der Waals surface area (Å²) in [6.45, 7) is 2.70. The van der Waals surface area contributed by atoms with Crippen LogP contribution >= 0.6 is 11.8 Å². The summed E-state index contributed by atoms with van der Waals surface area (Å²) in [6, 6.07) is 15.2. The first-order valence-corrected chi connectivity index (χ1v) is 10.3. The molecule has 152 valence electrons. The molecule has 0 unspecified atom stereocenters. The fourth-order valence-corrected chi connectivity index (χ4v) is 4.44. The Morgan fingerprint density at radius 3 is 2.67 bits per heavy atom. The molecule has 1 aliphatic rings. The molecule has 0 radical (unpaired) electrons. The lowest BCUT2D eigenvalue weighted by molar-refractivity contribution is -0.122. The number of carbonyl (C=O) groups is 3. The molecule has 6 nitrogen and oxygen atoms in total. The predicted octanol–water partition coefficient (Wildman–Crippen LogP) is 4.53. The first-order chi connectivity index (χ1) is 14.5. The van der Waals surface area contributed by atoms with E-state index in [1.54, 1.807) is 19.1 Å². The van der Waals surface area contributed by atoms with Crippen molar-refractivity contribution < 1.29 is 19.1 Å². The van der Waals surface area contributed by atoms with Crippen LogP contribution in [0.1, 0.15) is 28.4 Å². The molecule has 1 aromatic heterocycles. The monoisotopic (exact) mass is 420 g/mol. The van der Waals surface area contributed by atoms with E-state index in [9.17, 15) is 14.4 Å². The molecule has 0 spiro atoms. The van der Waals surface area contributed by atoms with Crippen LogP contribution in [0.3, 0.4) is 0 Å². The number of benzene rings is 2. The molecule has 2 aromatic carbocycles. The zero-order valence-corrected chi connectivity index (χ0v) is 17.4. The summed E-state index contributed by atoms with van der Waals surface area (Å²) in [4.78, 5) is 38.0. The maximum atomic E-state index is 12.5. The van der Waals surface area contributed by atoms with Gasteiger partial charge in [-0.25, -0.2) is 4.79 Å².